The predicted molar refractivity (Wildman–Crippen MR) is 71.0 cm³/mol. The van der Waals surface area contributed by atoms with Crippen LogP contribution >= 0.6 is 15.9 Å². The summed E-state index contributed by atoms with van der Waals surface area (Å²) in [5.74, 6) is 0.724. The smallest absolute Gasteiger partial charge is 0.188 e. The predicted octanol–water partition coefficient (Wildman–Crippen LogP) is 1.31. The summed E-state index contributed by atoms with van der Waals surface area (Å²) in [6.45, 7) is 1.33. The second-order valence-corrected chi connectivity index (χ2v) is 4.80. The monoisotopic (exact) mass is 306 g/mol. The number of rotatable bonds is 3. The van der Waals surface area contributed by atoms with Gasteiger partial charge in [-0.3, -0.25) is 4.40 Å². The van der Waals surface area contributed by atoms with Gasteiger partial charge < -0.3 is 10.3 Å². The highest BCUT2D eigenvalue weighted by atomic mass is 79.9. The third-order valence-electron chi connectivity index (χ3n) is 2.62. The van der Waals surface area contributed by atoms with Crippen molar-refractivity contribution < 1.29 is 0 Å². The van der Waals surface area contributed by atoms with Crippen LogP contribution in [0.15, 0.2) is 35.3 Å². The molecule has 0 radical (unpaired) electrons. The summed E-state index contributed by atoms with van der Waals surface area (Å²) in [6, 6.07) is 3.83. The second-order valence-electron chi connectivity index (χ2n) is 3.88. The molecule has 0 aliphatic carbocycles. The number of nitrogens with two attached hydrogens (primary N) is 1. The molecule has 3 rings (SSSR count). The van der Waals surface area contributed by atoms with E-state index in [2.05, 4.69) is 31.1 Å². The summed E-state index contributed by atoms with van der Waals surface area (Å²) in [4.78, 5) is 4.33. The van der Waals surface area contributed by atoms with E-state index in [1.54, 1.807) is 6.33 Å². The zero-order valence-electron chi connectivity index (χ0n) is 9.49. The van der Waals surface area contributed by atoms with Crippen LogP contribution in [-0.2, 0) is 6.54 Å². The van der Waals surface area contributed by atoms with Gasteiger partial charge in [0.25, 0.3) is 0 Å². The molecule has 0 amide bonds. The van der Waals surface area contributed by atoms with Crippen LogP contribution in [0.3, 0.4) is 0 Å². The number of pyridine rings is 1. The third kappa shape index (κ3) is 1.91. The van der Waals surface area contributed by atoms with E-state index in [1.807, 2.05) is 33.5 Å². The second kappa shape index (κ2) is 4.51. The van der Waals surface area contributed by atoms with Crippen molar-refractivity contribution in [3.05, 3.63) is 35.3 Å². The maximum atomic E-state index is 5.51. The Morgan fingerprint density at radius 2 is 2.11 bits per heavy atom. The molecule has 0 saturated heterocycles. The third-order valence-corrected chi connectivity index (χ3v) is 3.08. The van der Waals surface area contributed by atoms with E-state index in [-0.39, 0.29) is 0 Å². The Hall–Kier alpha value is -1.73. The molecule has 3 heterocycles. The van der Waals surface area contributed by atoms with E-state index in [4.69, 9.17) is 5.73 Å². The molecule has 18 heavy (non-hydrogen) atoms. The van der Waals surface area contributed by atoms with E-state index in [0.29, 0.717) is 6.54 Å². The molecule has 2 N–H and O–H groups in total. The fourth-order valence-corrected chi connectivity index (χ4v) is 2.12. The Balaban J connectivity index is 2.09. The molecule has 0 aliphatic heterocycles. The van der Waals surface area contributed by atoms with Gasteiger partial charge in [0.2, 0.25) is 0 Å². The van der Waals surface area contributed by atoms with Gasteiger partial charge in [-0.2, -0.15) is 0 Å². The Labute approximate surface area is 112 Å². The van der Waals surface area contributed by atoms with Gasteiger partial charge in [-0.25, -0.2) is 4.98 Å². The lowest BCUT2D eigenvalue weighted by molar-refractivity contribution is 0.708. The molecule has 0 unspecified atom stereocenters. The van der Waals surface area contributed by atoms with Gasteiger partial charge in [-0.05, 0) is 28.1 Å². The van der Waals surface area contributed by atoms with Crippen LogP contribution in [0.5, 0.6) is 0 Å². The van der Waals surface area contributed by atoms with Gasteiger partial charge in [0.05, 0.1) is 6.33 Å². The molecular formula is C11H11BrN6. The van der Waals surface area contributed by atoms with E-state index >= 15 is 0 Å². The number of halogens is 1. The summed E-state index contributed by atoms with van der Waals surface area (Å²) < 4.78 is 4.81. The van der Waals surface area contributed by atoms with Crippen LogP contribution in [0.4, 0.5) is 0 Å². The SMILES string of the molecule is NCCn1cnc(-c2nnc3ccc(Br)cn23)c1. The van der Waals surface area contributed by atoms with Crippen molar-refractivity contribution >= 4 is 21.6 Å². The maximum absolute atomic E-state index is 5.51. The van der Waals surface area contributed by atoms with Crippen molar-refractivity contribution in [2.24, 2.45) is 5.73 Å². The number of hydrogen-bond acceptors (Lipinski definition) is 4. The van der Waals surface area contributed by atoms with Gasteiger partial charge in [0, 0.05) is 30.0 Å². The Kier molecular flexibility index (Phi) is 2.85. The Morgan fingerprint density at radius 1 is 1.22 bits per heavy atom. The lowest BCUT2D eigenvalue weighted by Gasteiger charge is -1.97. The Morgan fingerprint density at radius 3 is 2.94 bits per heavy atom. The lowest BCUT2D eigenvalue weighted by atomic mass is 10.4. The number of nitrogens with zero attached hydrogens (tertiary/aromatic N) is 5. The highest BCUT2D eigenvalue weighted by Crippen LogP contribution is 2.18. The zero-order valence-corrected chi connectivity index (χ0v) is 11.1. The average Bonchev–Trinajstić information content (AvgIpc) is 2.95. The van der Waals surface area contributed by atoms with Gasteiger partial charge >= 0.3 is 0 Å². The van der Waals surface area contributed by atoms with Gasteiger partial charge in [-0.1, -0.05) is 0 Å². The fourth-order valence-electron chi connectivity index (χ4n) is 1.79. The molecule has 92 valence electrons. The van der Waals surface area contributed by atoms with Crippen molar-refractivity contribution in [1.29, 1.82) is 0 Å². The minimum absolute atomic E-state index is 0.585. The molecule has 0 aliphatic rings. The summed E-state index contributed by atoms with van der Waals surface area (Å²) in [5.41, 5.74) is 7.09. The topological polar surface area (TPSA) is 74.0 Å². The molecule has 0 bridgehead atoms. The van der Waals surface area contributed by atoms with E-state index in [1.165, 1.54) is 0 Å². The summed E-state index contributed by atoms with van der Waals surface area (Å²) >= 11 is 3.44. The number of hydrogen-bond donors (Lipinski definition) is 1. The minimum Gasteiger partial charge on any atom is -0.335 e. The molecule has 6 nitrogen and oxygen atoms in total. The summed E-state index contributed by atoms with van der Waals surface area (Å²) in [5, 5.41) is 8.27. The quantitative estimate of drug-likeness (QED) is 0.792. The zero-order chi connectivity index (χ0) is 12.5. The van der Waals surface area contributed by atoms with Crippen LogP contribution < -0.4 is 5.73 Å². The van der Waals surface area contributed by atoms with E-state index < -0.39 is 0 Å². The Bertz CT molecular complexity index is 686. The number of imidazole rings is 1. The van der Waals surface area contributed by atoms with Crippen molar-refractivity contribution in [2.45, 2.75) is 6.54 Å². The van der Waals surface area contributed by atoms with Crippen LogP contribution in [0, 0.1) is 0 Å². The molecule has 7 heteroatoms. The minimum atomic E-state index is 0.585. The van der Waals surface area contributed by atoms with Crippen molar-refractivity contribution in [3.8, 4) is 11.5 Å². The number of fused-ring (bicyclic) bond motifs is 1. The maximum Gasteiger partial charge on any atom is 0.188 e. The van der Waals surface area contributed by atoms with E-state index in [9.17, 15) is 0 Å². The molecule has 0 atom stereocenters. The van der Waals surface area contributed by atoms with Crippen molar-refractivity contribution in [2.75, 3.05) is 6.54 Å². The normalized spacial score (nSPS) is 11.2. The largest absolute Gasteiger partial charge is 0.335 e. The van der Waals surface area contributed by atoms with Gasteiger partial charge in [0.1, 0.15) is 5.69 Å². The standard InChI is InChI=1S/C11H11BrN6/c12-8-1-2-10-15-16-11(18(10)5-8)9-6-17(4-3-13)7-14-9/h1-2,5-7H,3-4,13H2. The summed E-state index contributed by atoms with van der Waals surface area (Å²) in [6.07, 6.45) is 5.60. The average molecular weight is 307 g/mol. The van der Waals surface area contributed by atoms with Crippen LogP contribution in [-0.4, -0.2) is 30.7 Å². The fraction of sp³-hybridized carbons (Fsp3) is 0.182. The van der Waals surface area contributed by atoms with Gasteiger partial charge in [0.15, 0.2) is 11.5 Å². The summed E-state index contributed by atoms with van der Waals surface area (Å²) in [7, 11) is 0. The molecule has 0 fully saturated rings. The first-order valence-electron chi connectivity index (χ1n) is 5.50. The van der Waals surface area contributed by atoms with Crippen LogP contribution in [0.2, 0.25) is 0 Å². The molecule has 3 aromatic rings. The van der Waals surface area contributed by atoms with Crippen molar-refractivity contribution in [1.82, 2.24) is 24.1 Å². The first-order valence-corrected chi connectivity index (χ1v) is 6.30. The first kappa shape index (κ1) is 11.4. The molecule has 0 aromatic carbocycles. The number of aromatic nitrogens is 5. The highest BCUT2D eigenvalue weighted by Gasteiger charge is 2.10. The molecule has 0 saturated carbocycles. The molecule has 0 spiro atoms. The first-order chi connectivity index (χ1) is 8.78. The van der Waals surface area contributed by atoms with E-state index in [0.717, 1.165) is 28.2 Å². The van der Waals surface area contributed by atoms with Crippen molar-refractivity contribution in [3.63, 3.8) is 0 Å². The van der Waals surface area contributed by atoms with Crippen LogP contribution in [0.1, 0.15) is 0 Å². The van der Waals surface area contributed by atoms with Crippen LogP contribution in [0.25, 0.3) is 17.2 Å². The molecule has 3 aromatic heterocycles. The van der Waals surface area contributed by atoms with Gasteiger partial charge in [-0.15, -0.1) is 10.2 Å². The highest BCUT2D eigenvalue weighted by molar-refractivity contribution is 9.10. The molecular weight excluding hydrogens is 296 g/mol. The lowest BCUT2D eigenvalue weighted by Crippen LogP contribution is -2.07.